The van der Waals surface area contributed by atoms with Crippen molar-refractivity contribution in [3.63, 3.8) is 0 Å². The number of halogens is 1. The van der Waals surface area contributed by atoms with E-state index in [-0.39, 0.29) is 0 Å². The number of benzene rings is 3. The van der Waals surface area contributed by atoms with E-state index in [1.54, 1.807) is 12.1 Å². The SMILES string of the molecule is CCCCCCCCCCN(CCCCCCCCCC)c1ccc(-c2ccc(C=Cc3ccc([N+](=O)[O-])c(F)c3)cc2)cc1. The fourth-order valence-electron chi connectivity index (χ4n) is 5.86. The quantitative estimate of drug-likeness (QED) is 0.0462. The van der Waals surface area contributed by atoms with Crippen LogP contribution in [0.4, 0.5) is 15.8 Å². The van der Waals surface area contributed by atoms with Gasteiger partial charge in [0.1, 0.15) is 0 Å². The molecule has 3 aromatic rings. The molecule has 0 saturated heterocycles. The van der Waals surface area contributed by atoms with Gasteiger partial charge in [0, 0.05) is 24.8 Å². The maximum absolute atomic E-state index is 13.9. The molecule has 0 amide bonds. The van der Waals surface area contributed by atoms with Crippen LogP contribution in [0.2, 0.25) is 0 Å². The molecule has 244 valence electrons. The molecular formula is C40H55FN2O2. The summed E-state index contributed by atoms with van der Waals surface area (Å²) in [6.45, 7) is 6.82. The van der Waals surface area contributed by atoms with Crippen LogP contribution in [0.1, 0.15) is 128 Å². The van der Waals surface area contributed by atoms with E-state index in [4.69, 9.17) is 0 Å². The highest BCUT2D eigenvalue weighted by Crippen LogP contribution is 2.26. The summed E-state index contributed by atoms with van der Waals surface area (Å²) in [6, 6.07) is 21.3. The van der Waals surface area contributed by atoms with Crippen molar-refractivity contribution in [3.05, 3.63) is 93.8 Å². The lowest BCUT2D eigenvalue weighted by atomic mass is 10.0. The molecule has 0 heterocycles. The summed E-state index contributed by atoms with van der Waals surface area (Å²) < 4.78 is 13.9. The fraction of sp³-hybridized carbons (Fsp3) is 0.500. The highest BCUT2D eigenvalue weighted by atomic mass is 19.1. The normalized spacial score (nSPS) is 11.4. The minimum absolute atomic E-state index is 0.507. The second-order valence-electron chi connectivity index (χ2n) is 12.4. The van der Waals surface area contributed by atoms with Gasteiger partial charge in [0.05, 0.1) is 4.92 Å². The van der Waals surface area contributed by atoms with Crippen molar-refractivity contribution >= 4 is 23.5 Å². The lowest BCUT2D eigenvalue weighted by Crippen LogP contribution is -2.25. The van der Waals surface area contributed by atoms with Crippen molar-refractivity contribution in [1.29, 1.82) is 0 Å². The number of hydrogen-bond acceptors (Lipinski definition) is 3. The average Bonchev–Trinajstić information content (AvgIpc) is 3.05. The molecule has 5 heteroatoms. The number of nitrogens with zero attached hydrogens (tertiary/aromatic N) is 2. The molecular weight excluding hydrogens is 559 g/mol. The van der Waals surface area contributed by atoms with E-state index in [1.165, 1.54) is 126 Å². The van der Waals surface area contributed by atoms with Gasteiger partial charge in [-0.05, 0) is 59.4 Å². The van der Waals surface area contributed by atoms with E-state index in [2.05, 4.69) is 55.1 Å². The van der Waals surface area contributed by atoms with Gasteiger partial charge in [0.15, 0.2) is 0 Å². The van der Waals surface area contributed by atoms with Crippen LogP contribution >= 0.6 is 0 Å². The Labute approximate surface area is 271 Å². The monoisotopic (exact) mass is 614 g/mol. The number of nitro groups is 1. The smallest absolute Gasteiger partial charge is 0.304 e. The Bertz CT molecular complexity index is 1250. The Kier molecular flexibility index (Phi) is 17.0. The third kappa shape index (κ3) is 13.6. The highest BCUT2D eigenvalue weighted by molar-refractivity contribution is 5.73. The van der Waals surface area contributed by atoms with Crippen LogP contribution in [0.3, 0.4) is 0 Å². The van der Waals surface area contributed by atoms with Gasteiger partial charge in [-0.25, -0.2) is 0 Å². The van der Waals surface area contributed by atoms with Crippen molar-refractivity contribution in [2.45, 2.75) is 117 Å². The van der Waals surface area contributed by atoms with E-state index in [1.807, 2.05) is 18.2 Å². The fourth-order valence-corrected chi connectivity index (χ4v) is 5.86. The Morgan fingerprint density at radius 2 is 1.02 bits per heavy atom. The Morgan fingerprint density at radius 1 is 0.600 bits per heavy atom. The molecule has 0 bridgehead atoms. The van der Waals surface area contributed by atoms with Crippen molar-refractivity contribution in [3.8, 4) is 11.1 Å². The summed E-state index contributed by atoms with van der Waals surface area (Å²) >= 11 is 0. The summed E-state index contributed by atoms with van der Waals surface area (Å²) in [7, 11) is 0. The molecule has 0 radical (unpaired) electrons. The predicted octanol–water partition coefficient (Wildman–Crippen LogP) is 12.7. The lowest BCUT2D eigenvalue weighted by molar-refractivity contribution is -0.387. The van der Waals surface area contributed by atoms with Crippen molar-refractivity contribution < 1.29 is 9.31 Å². The molecule has 0 spiro atoms. The minimum atomic E-state index is -0.824. The molecule has 3 aromatic carbocycles. The summed E-state index contributed by atoms with van der Waals surface area (Å²) in [6.07, 6.45) is 25.2. The maximum Gasteiger partial charge on any atom is 0.304 e. The van der Waals surface area contributed by atoms with Crippen LogP contribution in [0, 0.1) is 15.9 Å². The summed E-state index contributed by atoms with van der Waals surface area (Å²) in [5, 5.41) is 10.9. The van der Waals surface area contributed by atoms with Crippen LogP contribution in [-0.4, -0.2) is 18.0 Å². The minimum Gasteiger partial charge on any atom is -0.372 e. The van der Waals surface area contributed by atoms with Crippen LogP contribution in [0.5, 0.6) is 0 Å². The van der Waals surface area contributed by atoms with Gasteiger partial charge in [-0.15, -0.1) is 0 Å². The lowest BCUT2D eigenvalue weighted by Gasteiger charge is -2.25. The first-order valence-electron chi connectivity index (χ1n) is 17.6. The van der Waals surface area contributed by atoms with Gasteiger partial charge in [0.25, 0.3) is 0 Å². The standard InChI is InChI=1S/C40H55FN2O2/c1-3-5-7-9-11-13-15-17-31-42(32-18-16-14-12-10-8-6-4-2)38-28-26-37(27-29-38)36-24-21-34(22-25-36)19-20-35-23-30-40(43(44)45)39(41)33-35/h19-30,33H,3-18,31-32H2,1-2H3. The van der Waals surface area contributed by atoms with Crippen LogP contribution in [-0.2, 0) is 0 Å². The number of rotatable bonds is 23. The topological polar surface area (TPSA) is 46.4 Å². The molecule has 0 aliphatic rings. The average molecular weight is 615 g/mol. The van der Waals surface area contributed by atoms with Gasteiger partial charge < -0.3 is 4.90 Å². The number of hydrogen-bond donors (Lipinski definition) is 0. The van der Waals surface area contributed by atoms with Gasteiger partial charge in [-0.1, -0.05) is 152 Å². The second-order valence-corrected chi connectivity index (χ2v) is 12.4. The molecule has 0 aromatic heterocycles. The van der Waals surface area contributed by atoms with Crippen molar-refractivity contribution in [2.75, 3.05) is 18.0 Å². The largest absolute Gasteiger partial charge is 0.372 e. The zero-order valence-electron chi connectivity index (χ0n) is 27.8. The van der Waals surface area contributed by atoms with E-state index in [0.717, 1.165) is 24.2 Å². The zero-order valence-corrected chi connectivity index (χ0v) is 27.8. The third-order valence-electron chi connectivity index (χ3n) is 8.68. The van der Waals surface area contributed by atoms with Crippen molar-refractivity contribution in [1.82, 2.24) is 0 Å². The zero-order chi connectivity index (χ0) is 32.1. The molecule has 0 fully saturated rings. The van der Waals surface area contributed by atoms with Gasteiger partial charge in [0.2, 0.25) is 5.82 Å². The molecule has 45 heavy (non-hydrogen) atoms. The second kappa shape index (κ2) is 21.3. The van der Waals surface area contributed by atoms with Crippen LogP contribution < -0.4 is 4.90 Å². The Balaban J connectivity index is 1.55. The third-order valence-corrected chi connectivity index (χ3v) is 8.68. The first-order valence-corrected chi connectivity index (χ1v) is 17.6. The Hall–Kier alpha value is -3.47. The van der Waals surface area contributed by atoms with Crippen LogP contribution in [0.25, 0.3) is 23.3 Å². The van der Waals surface area contributed by atoms with E-state index in [0.29, 0.717) is 5.56 Å². The molecule has 0 N–H and O–H groups in total. The summed E-state index contributed by atoms with van der Waals surface area (Å²) in [4.78, 5) is 12.8. The van der Waals surface area contributed by atoms with Gasteiger partial charge in [-0.2, -0.15) is 4.39 Å². The molecule has 3 rings (SSSR count). The Morgan fingerprint density at radius 3 is 1.49 bits per heavy atom. The predicted molar refractivity (Wildman–Crippen MR) is 191 cm³/mol. The number of nitro benzene ring substituents is 1. The van der Waals surface area contributed by atoms with E-state index >= 15 is 0 Å². The first kappa shape index (κ1) is 36.0. The molecule has 0 atom stereocenters. The molecule has 0 aliphatic carbocycles. The first-order chi connectivity index (χ1) is 22.0. The number of anilines is 1. The molecule has 0 aliphatic heterocycles. The van der Waals surface area contributed by atoms with Gasteiger partial charge >= 0.3 is 5.69 Å². The molecule has 4 nitrogen and oxygen atoms in total. The number of unbranched alkanes of at least 4 members (excludes halogenated alkanes) is 14. The van der Waals surface area contributed by atoms with Gasteiger partial charge in [-0.3, -0.25) is 10.1 Å². The van der Waals surface area contributed by atoms with Crippen LogP contribution in [0.15, 0.2) is 66.7 Å². The van der Waals surface area contributed by atoms with E-state index < -0.39 is 16.4 Å². The molecule has 0 saturated carbocycles. The highest BCUT2D eigenvalue weighted by Gasteiger charge is 2.13. The van der Waals surface area contributed by atoms with Crippen molar-refractivity contribution in [2.24, 2.45) is 0 Å². The summed E-state index contributed by atoms with van der Waals surface area (Å²) in [5.74, 6) is -0.824. The maximum atomic E-state index is 13.9. The van der Waals surface area contributed by atoms with E-state index in [9.17, 15) is 14.5 Å². The summed E-state index contributed by atoms with van der Waals surface area (Å²) in [5.41, 5.74) is 4.72. The molecule has 0 unspecified atom stereocenters.